The van der Waals surface area contributed by atoms with Crippen molar-refractivity contribution in [1.29, 1.82) is 0 Å². The van der Waals surface area contributed by atoms with Gasteiger partial charge in [0.25, 0.3) is 5.91 Å². The van der Waals surface area contributed by atoms with Gasteiger partial charge in [0.1, 0.15) is 11.9 Å². The first-order valence-corrected chi connectivity index (χ1v) is 11.9. The molecule has 37 heavy (non-hydrogen) atoms. The molecule has 2 aromatic carbocycles. The lowest BCUT2D eigenvalue weighted by Crippen LogP contribution is -2.49. The lowest BCUT2D eigenvalue weighted by Gasteiger charge is -2.32. The molecule has 0 aliphatic rings. The second kappa shape index (κ2) is 9.61. The molecule has 5 rings (SSSR count). The maximum atomic E-state index is 13.7. The summed E-state index contributed by atoms with van der Waals surface area (Å²) in [5.41, 5.74) is 2.27. The fourth-order valence-corrected chi connectivity index (χ4v) is 4.20. The van der Waals surface area contributed by atoms with Crippen LogP contribution in [0.4, 0.5) is 8.78 Å². The number of carbonyl (C=O) groups is 1. The number of fused-ring (bicyclic) bond motifs is 2. The summed E-state index contributed by atoms with van der Waals surface area (Å²) in [5, 5.41) is 12.3. The molecular formula is C27H26F2N6O2. The van der Waals surface area contributed by atoms with Gasteiger partial charge >= 0.3 is 5.92 Å². The van der Waals surface area contributed by atoms with Crippen LogP contribution in [0.5, 0.6) is 5.75 Å². The third-order valence-electron chi connectivity index (χ3n) is 6.11. The van der Waals surface area contributed by atoms with E-state index < -0.39 is 24.0 Å². The molecule has 1 amide bonds. The average Bonchev–Trinajstić information content (AvgIpc) is 3.49. The summed E-state index contributed by atoms with van der Waals surface area (Å²) in [7, 11) is 0. The molecule has 0 aliphatic carbocycles. The van der Waals surface area contributed by atoms with Crippen molar-refractivity contribution in [3.8, 4) is 11.6 Å². The number of halogens is 2. The van der Waals surface area contributed by atoms with Crippen molar-refractivity contribution in [3.05, 3.63) is 84.8 Å². The fourth-order valence-electron chi connectivity index (χ4n) is 4.20. The Hall–Kier alpha value is -4.34. The van der Waals surface area contributed by atoms with Crippen LogP contribution in [-0.4, -0.2) is 42.3 Å². The largest absolute Gasteiger partial charge is 0.484 e. The van der Waals surface area contributed by atoms with E-state index in [4.69, 9.17) is 4.74 Å². The van der Waals surface area contributed by atoms with Gasteiger partial charge in [-0.1, -0.05) is 44.2 Å². The van der Waals surface area contributed by atoms with E-state index in [1.807, 2.05) is 68.6 Å². The standard InChI is InChI=1S/C27H26F2N6O2/c1-17(2)24(32-26(36)27(3,28)29)25(18-8-5-4-6-9-18)37-20-10-11-21-19(14-20)16-31-35(21)23-15-22-30-12-7-13-34(22)33-23/h4-17,24-25H,1-3H3,(H,32,36)/t24-,25+/m0/s1. The monoisotopic (exact) mass is 504 g/mol. The van der Waals surface area contributed by atoms with Gasteiger partial charge in [-0.3, -0.25) is 4.79 Å². The molecule has 8 nitrogen and oxygen atoms in total. The van der Waals surface area contributed by atoms with Gasteiger partial charge in [-0.15, -0.1) is 5.10 Å². The summed E-state index contributed by atoms with van der Waals surface area (Å²) in [6, 6.07) is 17.7. The lowest BCUT2D eigenvalue weighted by atomic mass is 9.92. The zero-order valence-electron chi connectivity index (χ0n) is 20.5. The topological polar surface area (TPSA) is 86.3 Å². The van der Waals surface area contributed by atoms with Crippen molar-refractivity contribution in [2.75, 3.05) is 0 Å². The number of aromatic nitrogens is 5. The van der Waals surface area contributed by atoms with Gasteiger partial charge in [-0.05, 0) is 35.7 Å². The minimum atomic E-state index is -3.50. The summed E-state index contributed by atoms with van der Waals surface area (Å²) in [5.74, 6) is -3.90. The Balaban J connectivity index is 1.48. The Bertz CT molecular complexity index is 1510. The van der Waals surface area contributed by atoms with Crippen LogP contribution in [0.2, 0.25) is 0 Å². The van der Waals surface area contributed by atoms with Gasteiger partial charge in [0.2, 0.25) is 0 Å². The number of amides is 1. The predicted molar refractivity (Wildman–Crippen MR) is 135 cm³/mol. The number of nitrogens with one attached hydrogen (secondary N) is 1. The quantitative estimate of drug-likeness (QED) is 0.322. The average molecular weight is 505 g/mol. The molecule has 0 fully saturated rings. The highest BCUT2D eigenvalue weighted by molar-refractivity contribution is 5.83. The molecule has 1 N–H and O–H groups in total. The summed E-state index contributed by atoms with van der Waals surface area (Å²) in [6.45, 7) is 4.30. The van der Waals surface area contributed by atoms with Crippen LogP contribution in [-0.2, 0) is 4.79 Å². The van der Waals surface area contributed by atoms with E-state index in [-0.39, 0.29) is 5.92 Å². The van der Waals surface area contributed by atoms with Gasteiger partial charge in [-0.25, -0.2) is 14.2 Å². The number of rotatable bonds is 8. The van der Waals surface area contributed by atoms with Gasteiger partial charge < -0.3 is 10.1 Å². The minimum Gasteiger partial charge on any atom is -0.484 e. The predicted octanol–water partition coefficient (Wildman–Crippen LogP) is 4.98. The van der Waals surface area contributed by atoms with E-state index in [1.165, 1.54) is 0 Å². The second-order valence-corrected chi connectivity index (χ2v) is 9.28. The Kier molecular flexibility index (Phi) is 6.32. The Morgan fingerprint density at radius 1 is 1.08 bits per heavy atom. The number of carbonyl (C=O) groups excluding carboxylic acids is 1. The first-order chi connectivity index (χ1) is 17.7. The van der Waals surface area contributed by atoms with Crippen molar-refractivity contribution in [3.63, 3.8) is 0 Å². The SMILES string of the molecule is CC(C)[C@H](NC(=O)C(C)(F)F)[C@H](Oc1ccc2c(cnn2-c2cc3ncccn3n2)c1)c1ccccc1. The van der Waals surface area contributed by atoms with E-state index in [2.05, 4.69) is 20.5 Å². The van der Waals surface area contributed by atoms with E-state index in [9.17, 15) is 13.6 Å². The molecule has 0 saturated carbocycles. The summed E-state index contributed by atoms with van der Waals surface area (Å²) in [4.78, 5) is 16.5. The highest BCUT2D eigenvalue weighted by Crippen LogP contribution is 2.31. The maximum absolute atomic E-state index is 13.7. The fraction of sp³-hybridized carbons (Fsp3) is 0.259. The molecule has 190 valence electrons. The summed E-state index contributed by atoms with van der Waals surface area (Å²) in [6.07, 6.45) is 4.51. The number of hydrogen-bond donors (Lipinski definition) is 1. The molecule has 0 bridgehead atoms. The van der Waals surface area contributed by atoms with Gasteiger partial charge in [0.15, 0.2) is 11.5 Å². The molecule has 0 unspecified atom stereocenters. The van der Waals surface area contributed by atoms with Crippen molar-refractivity contribution >= 4 is 22.5 Å². The van der Waals surface area contributed by atoms with Crippen LogP contribution in [0.25, 0.3) is 22.4 Å². The molecule has 10 heteroatoms. The molecule has 3 aromatic heterocycles. The zero-order valence-corrected chi connectivity index (χ0v) is 20.5. The highest BCUT2D eigenvalue weighted by atomic mass is 19.3. The first-order valence-electron chi connectivity index (χ1n) is 11.9. The molecule has 3 heterocycles. The Labute approximate surface area is 211 Å². The third kappa shape index (κ3) is 5.00. The van der Waals surface area contributed by atoms with Crippen LogP contribution in [0.3, 0.4) is 0 Å². The Morgan fingerprint density at radius 3 is 2.57 bits per heavy atom. The van der Waals surface area contributed by atoms with Crippen molar-refractivity contribution in [2.45, 2.75) is 38.8 Å². The smallest absolute Gasteiger partial charge is 0.321 e. The van der Waals surface area contributed by atoms with Gasteiger partial charge in [0.05, 0.1) is 17.8 Å². The van der Waals surface area contributed by atoms with Crippen LogP contribution in [0, 0.1) is 5.92 Å². The molecule has 0 aliphatic heterocycles. The van der Waals surface area contributed by atoms with Crippen LogP contribution in [0.1, 0.15) is 32.4 Å². The lowest BCUT2D eigenvalue weighted by molar-refractivity contribution is -0.145. The third-order valence-corrected chi connectivity index (χ3v) is 6.11. The summed E-state index contributed by atoms with van der Waals surface area (Å²) >= 11 is 0. The van der Waals surface area contributed by atoms with E-state index >= 15 is 0 Å². The number of ether oxygens (including phenoxy) is 1. The van der Waals surface area contributed by atoms with E-state index in [0.29, 0.717) is 24.1 Å². The van der Waals surface area contributed by atoms with Crippen molar-refractivity contribution < 1.29 is 18.3 Å². The number of alkyl halides is 2. The number of benzene rings is 2. The van der Waals surface area contributed by atoms with Crippen molar-refractivity contribution in [1.82, 2.24) is 29.7 Å². The van der Waals surface area contributed by atoms with Gasteiger partial charge in [-0.2, -0.15) is 13.9 Å². The normalized spacial score (nSPS) is 13.7. The highest BCUT2D eigenvalue weighted by Gasteiger charge is 2.37. The molecule has 0 saturated heterocycles. The molecule has 0 spiro atoms. The summed E-state index contributed by atoms with van der Waals surface area (Å²) < 4.78 is 37.3. The maximum Gasteiger partial charge on any atom is 0.321 e. The van der Waals surface area contributed by atoms with Crippen molar-refractivity contribution in [2.24, 2.45) is 5.92 Å². The van der Waals surface area contributed by atoms with Crippen LogP contribution in [0.15, 0.2) is 79.3 Å². The molecule has 2 atom stereocenters. The number of hydrogen-bond acceptors (Lipinski definition) is 5. The van der Waals surface area contributed by atoms with Gasteiger partial charge in [0, 0.05) is 30.8 Å². The number of nitrogens with zero attached hydrogens (tertiary/aromatic N) is 5. The molecule has 0 radical (unpaired) electrons. The zero-order chi connectivity index (χ0) is 26.2. The molecular weight excluding hydrogens is 478 g/mol. The Morgan fingerprint density at radius 2 is 1.86 bits per heavy atom. The second-order valence-electron chi connectivity index (χ2n) is 9.28. The first kappa shape index (κ1) is 24.4. The minimum absolute atomic E-state index is 0.188. The van der Waals surface area contributed by atoms with E-state index in [1.54, 1.807) is 33.7 Å². The molecule has 5 aromatic rings. The van der Waals surface area contributed by atoms with E-state index in [0.717, 1.165) is 16.5 Å². The van der Waals surface area contributed by atoms with Crippen LogP contribution < -0.4 is 10.1 Å². The van der Waals surface area contributed by atoms with Crippen LogP contribution >= 0.6 is 0 Å².